The van der Waals surface area contributed by atoms with Crippen molar-refractivity contribution in [2.45, 2.75) is 30.6 Å². The standard InChI is InChI=1S/C22H24ClN5O4S/c1-32-21-9-7-17(33(30,31)27-10-4-2-3-5-11-27)13-18(21)22(29)26-19-12-16(23)6-8-20(19)28-15-24-14-25-28/h6-9,12-15H,2-5,10-11H2,1H3,(H,26,29). The number of carbonyl (C=O) groups excluding carboxylic acids is 1. The minimum absolute atomic E-state index is 0.0537. The highest BCUT2D eigenvalue weighted by Gasteiger charge is 2.27. The van der Waals surface area contributed by atoms with E-state index in [0.29, 0.717) is 29.5 Å². The smallest absolute Gasteiger partial charge is 0.259 e. The number of ether oxygens (including phenoxy) is 1. The van der Waals surface area contributed by atoms with Crippen LogP contribution < -0.4 is 10.1 Å². The number of aromatic nitrogens is 3. The molecule has 0 atom stereocenters. The average molecular weight is 490 g/mol. The largest absolute Gasteiger partial charge is 0.496 e. The molecule has 4 rings (SSSR count). The number of carbonyl (C=O) groups is 1. The number of methoxy groups -OCH3 is 1. The van der Waals surface area contributed by atoms with Gasteiger partial charge in [-0.1, -0.05) is 24.4 Å². The Morgan fingerprint density at radius 2 is 1.85 bits per heavy atom. The Kier molecular flexibility index (Phi) is 6.96. The van der Waals surface area contributed by atoms with E-state index in [1.54, 1.807) is 18.2 Å². The summed E-state index contributed by atoms with van der Waals surface area (Å²) in [6, 6.07) is 9.27. The van der Waals surface area contributed by atoms with Gasteiger partial charge < -0.3 is 10.1 Å². The predicted octanol–water partition coefficient (Wildman–Crippen LogP) is 3.75. The minimum Gasteiger partial charge on any atom is -0.496 e. The van der Waals surface area contributed by atoms with Gasteiger partial charge >= 0.3 is 0 Å². The number of rotatable bonds is 6. The number of nitrogens with zero attached hydrogens (tertiary/aromatic N) is 4. The molecular formula is C22H24ClN5O4S. The minimum atomic E-state index is -3.74. The Bertz CT molecular complexity index is 1240. The summed E-state index contributed by atoms with van der Waals surface area (Å²) in [5.74, 6) is -0.282. The first-order valence-electron chi connectivity index (χ1n) is 10.5. The molecule has 1 amide bonds. The van der Waals surface area contributed by atoms with Crippen LogP contribution in [0, 0.1) is 0 Å². The Labute approximate surface area is 197 Å². The van der Waals surface area contributed by atoms with Gasteiger partial charge in [0.2, 0.25) is 10.0 Å². The molecule has 174 valence electrons. The molecule has 1 aromatic heterocycles. The van der Waals surface area contributed by atoms with E-state index >= 15 is 0 Å². The summed E-state index contributed by atoms with van der Waals surface area (Å²) in [7, 11) is -2.31. The average Bonchev–Trinajstić information content (AvgIpc) is 3.19. The topological polar surface area (TPSA) is 106 Å². The second-order valence-electron chi connectivity index (χ2n) is 7.64. The molecule has 2 aromatic carbocycles. The first kappa shape index (κ1) is 23.2. The van der Waals surface area contributed by atoms with E-state index in [1.165, 1.54) is 47.0 Å². The van der Waals surface area contributed by atoms with Crippen LogP contribution in [0.4, 0.5) is 5.69 Å². The van der Waals surface area contributed by atoms with E-state index in [4.69, 9.17) is 16.3 Å². The van der Waals surface area contributed by atoms with Crippen molar-refractivity contribution in [1.29, 1.82) is 0 Å². The third-order valence-electron chi connectivity index (χ3n) is 5.49. The summed E-state index contributed by atoms with van der Waals surface area (Å²) < 4.78 is 34.8. The van der Waals surface area contributed by atoms with Crippen LogP contribution in [-0.2, 0) is 10.0 Å². The van der Waals surface area contributed by atoms with Crippen LogP contribution in [0.3, 0.4) is 0 Å². The van der Waals surface area contributed by atoms with Crippen LogP contribution in [0.25, 0.3) is 5.69 Å². The zero-order valence-corrected chi connectivity index (χ0v) is 19.6. The summed E-state index contributed by atoms with van der Waals surface area (Å²) in [4.78, 5) is 17.2. The van der Waals surface area contributed by atoms with Gasteiger partial charge in [0.1, 0.15) is 18.4 Å². The summed E-state index contributed by atoms with van der Waals surface area (Å²) >= 11 is 6.14. The maximum Gasteiger partial charge on any atom is 0.259 e. The van der Waals surface area contributed by atoms with Crippen molar-refractivity contribution in [3.8, 4) is 11.4 Å². The van der Waals surface area contributed by atoms with E-state index in [-0.39, 0.29) is 16.2 Å². The van der Waals surface area contributed by atoms with Crippen molar-refractivity contribution < 1.29 is 17.9 Å². The van der Waals surface area contributed by atoms with Crippen molar-refractivity contribution in [3.05, 3.63) is 59.6 Å². The lowest BCUT2D eigenvalue weighted by Gasteiger charge is -2.21. The lowest BCUT2D eigenvalue weighted by atomic mass is 10.1. The van der Waals surface area contributed by atoms with Gasteiger partial charge in [-0.15, -0.1) is 0 Å². The molecule has 0 spiro atoms. The highest BCUT2D eigenvalue weighted by atomic mass is 35.5. The normalized spacial score (nSPS) is 15.1. The molecule has 1 saturated heterocycles. The maximum atomic E-state index is 13.2. The zero-order chi connectivity index (χ0) is 23.4. The van der Waals surface area contributed by atoms with E-state index in [0.717, 1.165) is 25.7 Å². The van der Waals surface area contributed by atoms with E-state index in [1.807, 2.05) is 0 Å². The number of benzene rings is 2. The number of halogens is 1. The number of nitrogens with one attached hydrogen (secondary N) is 1. The molecule has 0 radical (unpaired) electrons. The Balaban J connectivity index is 1.68. The molecular weight excluding hydrogens is 466 g/mol. The maximum absolute atomic E-state index is 13.2. The summed E-state index contributed by atoms with van der Waals surface area (Å²) in [5.41, 5.74) is 1.04. The van der Waals surface area contributed by atoms with E-state index in [9.17, 15) is 13.2 Å². The molecule has 0 saturated carbocycles. The molecule has 3 aromatic rings. The molecule has 11 heteroatoms. The molecule has 1 aliphatic heterocycles. The second-order valence-corrected chi connectivity index (χ2v) is 10.0. The number of hydrogen-bond donors (Lipinski definition) is 1. The van der Waals surface area contributed by atoms with Crippen LogP contribution in [0.2, 0.25) is 5.02 Å². The molecule has 1 fully saturated rings. The highest BCUT2D eigenvalue weighted by molar-refractivity contribution is 7.89. The number of sulfonamides is 1. The number of anilines is 1. The Morgan fingerprint density at radius 1 is 1.09 bits per heavy atom. The summed E-state index contributed by atoms with van der Waals surface area (Å²) in [6.45, 7) is 0.944. The quantitative estimate of drug-likeness (QED) is 0.565. The van der Waals surface area contributed by atoms with Crippen molar-refractivity contribution in [2.24, 2.45) is 0 Å². The van der Waals surface area contributed by atoms with Crippen molar-refractivity contribution >= 4 is 33.2 Å². The van der Waals surface area contributed by atoms with Gasteiger partial charge in [0.05, 0.1) is 28.9 Å². The van der Waals surface area contributed by atoms with Gasteiger partial charge in [0.15, 0.2) is 0 Å². The fourth-order valence-corrected chi connectivity index (χ4v) is 5.50. The first-order valence-corrected chi connectivity index (χ1v) is 12.4. The fourth-order valence-electron chi connectivity index (χ4n) is 3.79. The summed E-state index contributed by atoms with van der Waals surface area (Å²) in [6.07, 6.45) is 6.53. The van der Waals surface area contributed by atoms with Crippen molar-refractivity contribution in [2.75, 3.05) is 25.5 Å². The van der Waals surface area contributed by atoms with Gasteiger partial charge in [-0.3, -0.25) is 4.79 Å². The third kappa shape index (κ3) is 5.02. The lowest BCUT2D eigenvalue weighted by molar-refractivity contribution is 0.102. The highest BCUT2D eigenvalue weighted by Crippen LogP contribution is 2.29. The molecule has 1 aliphatic rings. The van der Waals surface area contributed by atoms with Gasteiger partial charge in [-0.05, 0) is 49.2 Å². The number of hydrogen-bond acceptors (Lipinski definition) is 6. The molecule has 9 nitrogen and oxygen atoms in total. The molecule has 1 N–H and O–H groups in total. The third-order valence-corrected chi connectivity index (χ3v) is 7.62. The van der Waals surface area contributed by atoms with Gasteiger partial charge in [-0.2, -0.15) is 9.40 Å². The van der Waals surface area contributed by atoms with Crippen LogP contribution in [0.5, 0.6) is 5.75 Å². The monoisotopic (exact) mass is 489 g/mol. The molecule has 2 heterocycles. The first-order chi connectivity index (χ1) is 15.9. The van der Waals surface area contributed by atoms with Crippen molar-refractivity contribution in [1.82, 2.24) is 19.1 Å². The number of amides is 1. The van der Waals surface area contributed by atoms with Crippen LogP contribution in [0.15, 0.2) is 53.9 Å². The molecule has 0 aliphatic carbocycles. The predicted molar refractivity (Wildman–Crippen MR) is 125 cm³/mol. The Morgan fingerprint density at radius 3 is 2.52 bits per heavy atom. The Hall–Kier alpha value is -2.95. The van der Waals surface area contributed by atoms with Gasteiger partial charge in [0.25, 0.3) is 5.91 Å². The zero-order valence-electron chi connectivity index (χ0n) is 18.1. The second kappa shape index (κ2) is 9.90. The van der Waals surface area contributed by atoms with Crippen LogP contribution >= 0.6 is 11.6 Å². The summed E-state index contributed by atoms with van der Waals surface area (Å²) in [5, 5.41) is 7.31. The SMILES string of the molecule is COc1ccc(S(=O)(=O)N2CCCCCC2)cc1C(=O)Nc1cc(Cl)ccc1-n1cncn1. The van der Waals surface area contributed by atoms with E-state index < -0.39 is 15.9 Å². The molecule has 33 heavy (non-hydrogen) atoms. The lowest BCUT2D eigenvalue weighted by Crippen LogP contribution is -2.32. The van der Waals surface area contributed by atoms with Crippen LogP contribution in [0.1, 0.15) is 36.0 Å². The molecule has 0 bridgehead atoms. The van der Waals surface area contributed by atoms with Gasteiger partial charge in [-0.25, -0.2) is 18.1 Å². The van der Waals surface area contributed by atoms with Crippen molar-refractivity contribution in [3.63, 3.8) is 0 Å². The fraction of sp³-hybridized carbons (Fsp3) is 0.318. The molecule has 0 unspecified atom stereocenters. The van der Waals surface area contributed by atoms with E-state index in [2.05, 4.69) is 15.4 Å². The van der Waals surface area contributed by atoms with Crippen LogP contribution in [-0.4, -0.2) is 53.6 Å². The van der Waals surface area contributed by atoms with Gasteiger partial charge in [0, 0.05) is 18.1 Å².